The maximum Gasteiger partial charge on any atom is 0.328 e. The van der Waals surface area contributed by atoms with Crippen LogP contribution in [-0.4, -0.2) is 61.8 Å². The Morgan fingerprint density at radius 2 is 1.71 bits per heavy atom. The number of alkyl halides is 2. The Morgan fingerprint density at radius 1 is 1.11 bits per heavy atom. The summed E-state index contributed by atoms with van der Waals surface area (Å²) >= 11 is 11.7. The predicted molar refractivity (Wildman–Crippen MR) is 111 cm³/mol. The van der Waals surface area contributed by atoms with Crippen molar-refractivity contribution in [2.75, 3.05) is 42.9 Å². The van der Waals surface area contributed by atoms with E-state index in [0.717, 1.165) is 11.3 Å². The summed E-state index contributed by atoms with van der Waals surface area (Å²) in [5, 5.41) is 5.01. The number of nitrogens with one attached hydrogen (secondary N) is 2. The molecule has 0 radical (unpaired) electrons. The van der Waals surface area contributed by atoms with Crippen molar-refractivity contribution in [1.82, 2.24) is 10.6 Å². The molecule has 2 amide bonds. The van der Waals surface area contributed by atoms with Crippen molar-refractivity contribution < 1.29 is 19.1 Å². The Kier molecular flexibility index (Phi) is 11.4. The topological polar surface area (TPSA) is 87.7 Å². The van der Waals surface area contributed by atoms with Crippen LogP contribution in [0.2, 0.25) is 0 Å². The summed E-state index contributed by atoms with van der Waals surface area (Å²) in [5.74, 6) is -0.320. The zero-order chi connectivity index (χ0) is 20.9. The normalized spacial score (nSPS) is 11.4. The fourth-order valence-corrected chi connectivity index (χ4v) is 2.95. The molecule has 0 heterocycles. The molecule has 0 saturated carbocycles. The van der Waals surface area contributed by atoms with Crippen molar-refractivity contribution in [2.24, 2.45) is 0 Å². The number of benzene rings is 1. The number of hydrogen-bond acceptors (Lipinski definition) is 5. The Morgan fingerprint density at radius 3 is 2.21 bits per heavy atom. The Bertz CT molecular complexity index is 635. The molecule has 28 heavy (non-hydrogen) atoms. The number of esters is 1. The molecule has 0 aliphatic heterocycles. The molecular formula is C19H27Cl2N3O4. The minimum absolute atomic E-state index is 0.198. The van der Waals surface area contributed by atoms with Crippen molar-refractivity contribution in [3.63, 3.8) is 0 Å². The van der Waals surface area contributed by atoms with Crippen LogP contribution in [0, 0.1) is 0 Å². The minimum Gasteiger partial charge on any atom is -0.464 e. The van der Waals surface area contributed by atoms with Gasteiger partial charge < -0.3 is 20.3 Å². The molecular weight excluding hydrogens is 405 g/mol. The van der Waals surface area contributed by atoms with Gasteiger partial charge in [0.1, 0.15) is 6.04 Å². The average Bonchev–Trinajstić information content (AvgIpc) is 2.66. The minimum atomic E-state index is -0.839. The van der Waals surface area contributed by atoms with Gasteiger partial charge in [0.15, 0.2) is 0 Å². The summed E-state index contributed by atoms with van der Waals surface area (Å²) in [6, 6.07) is 6.79. The number of hydrogen-bond donors (Lipinski definition) is 2. The van der Waals surface area contributed by atoms with Crippen LogP contribution in [0.3, 0.4) is 0 Å². The SMILES string of the molecule is CCOC(=O)[C@@H](Cc1ccc(N(CCCl)CCCl)cc1)NC(=O)CNC(C)=O. The lowest BCUT2D eigenvalue weighted by Gasteiger charge is -2.23. The number of halogens is 2. The van der Waals surface area contributed by atoms with Crippen LogP contribution in [0.5, 0.6) is 0 Å². The molecule has 0 fully saturated rings. The third kappa shape index (κ3) is 8.80. The van der Waals surface area contributed by atoms with Gasteiger partial charge >= 0.3 is 5.97 Å². The Balaban J connectivity index is 2.82. The van der Waals surface area contributed by atoms with Crippen LogP contribution in [0.25, 0.3) is 0 Å². The van der Waals surface area contributed by atoms with Gasteiger partial charge in [-0.2, -0.15) is 0 Å². The number of carbonyl (C=O) groups excluding carboxylic acids is 3. The zero-order valence-electron chi connectivity index (χ0n) is 16.2. The molecule has 1 rings (SSSR count). The smallest absolute Gasteiger partial charge is 0.328 e. The second-order valence-corrected chi connectivity index (χ2v) is 6.77. The highest BCUT2D eigenvalue weighted by Crippen LogP contribution is 2.17. The van der Waals surface area contributed by atoms with Crippen molar-refractivity contribution in [2.45, 2.75) is 26.3 Å². The van der Waals surface area contributed by atoms with E-state index in [1.165, 1.54) is 6.92 Å². The monoisotopic (exact) mass is 431 g/mol. The van der Waals surface area contributed by atoms with Gasteiger partial charge in [-0.25, -0.2) is 4.79 Å². The van der Waals surface area contributed by atoms with E-state index in [4.69, 9.17) is 27.9 Å². The van der Waals surface area contributed by atoms with Gasteiger partial charge in [-0.15, -0.1) is 23.2 Å². The maximum atomic E-state index is 12.2. The zero-order valence-corrected chi connectivity index (χ0v) is 17.7. The van der Waals surface area contributed by atoms with Crippen LogP contribution < -0.4 is 15.5 Å². The lowest BCUT2D eigenvalue weighted by atomic mass is 10.0. The van der Waals surface area contributed by atoms with Crippen molar-refractivity contribution >= 4 is 46.7 Å². The van der Waals surface area contributed by atoms with Gasteiger partial charge in [-0.3, -0.25) is 9.59 Å². The van der Waals surface area contributed by atoms with E-state index in [1.54, 1.807) is 6.92 Å². The average molecular weight is 432 g/mol. The first-order valence-corrected chi connectivity index (χ1v) is 10.1. The number of amides is 2. The van der Waals surface area contributed by atoms with Gasteiger partial charge in [0.25, 0.3) is 0 Å². The van der Waals surface area contributed by atoms with Crippen LogP contribution in [0.1, 0.15) is 19.4 Å². The molecule has 0 aliphatic rings. The summed E-state index contributed by atoms with van der Waals surface area (Å²) in [6.07, 6.45) is 0.274. The van der Waals surface area contributed by atoms with Crippen LogP contribution in [-0.2, 0) is 25.5 Å². The number of anilines is 1. The second kappa shape index (κ2) is 13.2. The van der Waals surface area contributed by atoms with Crippen LogP contribution in [0.15, 0.2) is 24.3 Å². The molecule has 0 unspecified atom stereocenters. The summed E-state index contributed by atoms with van der Waals surface area (Å²) in [7, 11) is 0. The molecule has 0 aliphatic carbocycles. The van der Waals surface area contributed by atoms with Crippen LogP contribution >= 0.6 is 23.2 Å². The van der Waals surface area contributed by atoms with E-state index in [2.05, 4.69) is 15.5 Å². The quantitative estimate of drug-likeness (QED) is 0.388. The number of nitrogens with zero attached hydrogens (tertiary/aromatic N) is 1. The van der Waals surface area contributed by atoms with E-state index >= 15 is 0 Å². The summed E-state index contributed by atoms with van der Waals surface area (Å²) in [5.41, 5.74) is 1.84. The highest BCUT2D eigenvalue weighted by molar-refractivity contribution is 6.18. The molecule has 1 aromatic rings. The molecule has 7 nitrogen and oxygen atoms in total. The number of ether oxygens (including phenoxy) is 1. The number of carbonyl (C=O) groups is 3. The van der Waals surface area contributed by atoms with Gasteiger partial charge in [-0.1, -0.05) is 12.1 Å². The molecule has 156 valence electrons. The van der Waals surface area contributed by atoms with Gasteiger partial charge in [0.05, 0.1) is 13.2 Å². The first-order chi connectivity index (χ1) is 13.4. The fraction of sp³-hybridized carbons (Fsp3) is 0.526. The summed E-state index contributed by atoms with van der Waals surface area (Å²) in [4.78, 5) is 37.2. The summed E-state index contributed by atoms with van der Waals surface area (Å²) < 4.78 is 5.05. The third-order valence-corrected chi connectivity index (χ3v) is 4.19. The maximum absolute atomic E-state index is 12.2. The molecule has 0 aromatic heterocycles. The van der Waals surface area contributed by atoms with E-state index in [1.807, 2.05) is 24.3 Å². The molecule has 1 atom stereocenters. The fourth-order valence-electron chi connectivity index (χ4n) is 2.54. The molecule has 0 spiro atoms. The standard InChI is InChI=1S/C19H27Cl2N3O4/c1-3-28-19(27)17(23-18(26)13-22-14(2)25)12-15-4-6-16(7-5-15)24(10-8-20)11-9-21/h4-7,17H,3,8-13H2,1-2H3,(H,22,25)(H,23,26)/t17-/m1/s1. The molecule has 9 heteroatoms. The van der Waals surface area contributed by atoms with Crippen molar-refractivity contribution in [1.29, 1.82) is 0 Å². The lowest BCUT2D eigenvalue weighted by molar-refractivity contribution is -0.147. The first-order valence-electron chi connectivity index (χ1n) is 9.07. The number of rotatable bonds is 12. The molecule has 0 saturated heterocycles. The largest absolute Gasteiger partial charge is 0.464 e. The summed E-state index contributed by atoms with van der Waals surface area (Å²) in [6.45, 7) is 4.38. The van der Waals surface area contributed by atoms with Crippen molar-refractivity contribution in [3.05, 3.63) is 29.8 Å². The van der Waals surface area contributed by atoms with Gasteiger partial charge in [0, 0.05) is 43.9 Å². The van der Waals surface area contributed by atoms with Crippen LogP contribution in [0.4, 0.5) is 5.69 Å². The molecule has 2 N–H and O–H groups in total. The second-order valence-electron chi connectivity index (χ2n) is 6.02. The Labute approximate surface area is 175 Å². The lowest BCUT2D eigenvalue weighted by Crippen LogP contribution is -2.47. The van der Waals surface area contributed by atoms with E-state index in [9.17, 15) is 14.4 Å². The highest BCUT2D eigenvalue weighted by Gasteiger charge is 2.22. The van der Waals surface area contributed by atoms with Gasteiger partial charge in [-0.05, 0) is 24.6 Å². The van der Waals surface area contributed by atoms with E-state index in [-0.39, 0.29) is 25.5 Å². The highest BCUT2D eigenvalue weighted by atomic mass is 35.5. The van der Waals surface area contributed by atoms with Crippen molar-refractivity contribution in [3.8, 4) is 0 Å². The van der Waals surface area contributed by atoms with Gasteiger partial charge in [0.2, 0.25) is 11.8 Å². The van der Waals surface area contributed by atoms with E-state index < -0.39 is 17.9 Å². The first kappa shape index (κ1) is 24.0. The predicted octanol–water partition coefficient (Wildman–Crippen LogP) is 1.70. The Hall–Kier alpha value is -1.99. The van der Waals surface area contributed by atoms with E-state index in [0.29, 0.717) is 24.8 Å². The molecule has 0 bridgehead atoms. The third-order valence-electron chi connectivity index (χ3n) is 3.85. The molecule has 1 aromatic carbocycles.